The number of rotatable bonds is 23. The molecule has 40 heteroatoms. The Morgan fingerprint density at radius 3 is 1.54 bits per heavy atom. The number of carboxylic acids is 1. The minimum atomic E-state index is -5.46. The third-order valence-corrected chi connectivity index (χ3v) is 13.8. The monoisotopic (exact) mass is 1200 g/mol. The van der Waals surface area contributed by atoms with Crippen molar-refractivity contribution in [2.45, 2.75) is 186 Å². The third kappa shape index (κ3) is 16.5. The Balaban J connectivity index is 1.43. The zero-order chi connectivity index (χ0) is 59.4. The summed E-state index contributed by atoms with van der Waals surface area (Å²) in [5, 5.41) is 158. The lowest BCUT2D eigenvalue weighted by molar-refractivity contribution is -0.378. The van der Waals surface area contributed by atoms with Gasteiger partial charge in [-0.15, -0.1) is 0 Å². The lowest BCUT2D eigenvalue weighted by Gasteiger charge is -2.50. The van der Waals surface area contributed by atoms with E-state index in [1.165, 1.54) is 0 Å². The van der Waals surface area contributed by atoms with E-state index < -0.39 is 243 Å². The molecule has 5 fully saturated rings. The fraction of sp³-hybridized carbons (Fsp3) is 0.897. The largest absolute Gasteiger partial charge is 0.477 e. The van der Waals surface area contributed by atoms with Gasteiger partial charge in [0.05, 0.1) is 45.2 Å². The van der Waals surface area contributed by atoms with Crippen LogP contribution in [-0.2, 0) is 91.0 Å². The first kappa shape index (κ1) is 66.5. The lowest BCUT2D eigenvalue weighted by atomic mass is 9.88. The fourth-order valence-corrected chi connectivity index (χ4v) is 9.72. The maximum absolute atomic E-state index is 12.8. The van der Waals surface area contributed by atoms with Crippen LogP contribution in [0.5, 0.6) is 0 Å². The molecule has 0 aromatic carbocycles. The average molecular weight is 1200 g/mol. The van der Waals surface area contributed by atoms with Gasteiger partial charge in [0.1, 0.15) is 116 Å². The van der Waals surface area contributed by atoms with E-state index in [9.17, 15) is 117 Å². The number of hydrogen-bond acceptors (Lipinski definition) is 32. The molecule has 19 N–H and O–H groups in total. The third-order valence-electron chi connectivity index (χ3n) is 12.9. The van der Waals surface area contributed by atoms with Gasteiger partial charge in [-0.05, 0) is 0 Å². The van der Waals surface area contributed by atoms with Crippen LogP contribution in [0.25, 0.3) is 0 Å². The molecule has 0 aromatic rings. The molecule has 0 aromatic heterocycles. The predicted molar refractivity (Wildman–Crippen MR) is 239 cm³/mol. The summed E-state index contributed by atoms with van der Waals surface area (Å²) in [6.45, 7) is -3.33. The standard InChI is InChI=1S/C39H65N3O35S2/c1-10(45)40-19-13(48)4-39(38(59)60,77-32(19)22(50)14(49)5-43)67-7-16-23(51)27(55)28(56)36(72-16)74-31-18(9-69-79(64,65)66)73-35(21(26(31)54)42-12(3)47)76-33-24(52)15(6-44)71-37(29(33)57)75-30-17(8-68-78(61,62)63)70-34(58)20(25(30)53)41-11(2)46/h13-37,43-44,48-58H,4-9H2,1-3H3,(H,40,45)(H,41,46)(H,42,47)(H,59,60)(H,61,62,63)(H,64,65,66)/t13-,14+,15+,16+,17+,18+,19+,20+,21+,22+,23-,24-,25+,26+,27-,28+,29+,30+,31+,32+,33-,34?,35-,36-,37-,39+/m0/s1. The van der Waals surface area contributed by atoms with E-state index in [4.69, 9.17) is 42.6 Å². The van der Waals surface area contributed by atoms with Gasteiger partial charge in [-0.1, -0.05) is 0 Å². The topological polar surface area (TPSA) is 598 Å². The van der Waals surface area contributed by atoms with E-state index in [1.54, 1.807) is 0 Å². The van der Waals surface area contributed by atoms with E-state index >= 15 is 0 Å². The molecule has 5 heterocycles. The number of carbonyl (C=O) groups is 4. The first-order valence-electron chi connectivity index (χ1n) is 23.5. The average Bonchev–Trinajstić information content (AvgIpc) is 3.41. The summed E-state index contributed by atoms with van der Waals surface area (Å²) in [4.78, 5) is 49.3. The second kappa shape index (κ2) is 27.4. The van der Waals surface area contributed by atoms with Crippen LogP contribution in [0.2, 0.25) is 0 Å². The number of aliphatic hydroxyl groups is 13. The summed E-state index contributed by atoms with van der Waals surface area (Å²) < 4.78 is 125. The van der Waals surface area contributed by atoms with Crippen molar-refractivity contribution >= 4 is 44.5 Å². The van der Waals surface area contributed by atoms with E-state index in [1.807, 2.05) is 0 Å². The highest BCUT2D eigenvalue weighted by Gasteiger charge is 2.59. The number of hydrogen-bond donors (Lipinski definition) is 19. The smallest absolute Gasteiger partial charge is 0.397 e. The predicted octanol–water partition coefficient (Wildman–Crippen LogP) is -12.6. The Hall–Kier alpha value is -3.26. The van der Waals surface area contributed by atoms with Gasteiger partial charge < -0.3 is 130 Å². The molecule has 0 aliphatic carbocycles. The summed E-state index contributed by atoms with van der Waals surface area (Å²) in [6.07, 6.45) is -48.9. The minimum Gasteiger partial charge on any atom is -0.477 e. The Labute approximate surface area is 446 Å². The van der Waals surface area contributed by atoms with Gasteiger partial charge in [0, 0.05) is 27.2 Å². The van der Waals surface area contributed by atoms with E-state index in [-0.39, 0.29) is 0 Å². The second-order valence-electron chi connectivity index (χ2n) is 18.7. The van der Waals surface area contributed by atoms with Crippen LogP contribution >= 0.6 is 0 Å². The highest BCUT2D eigenvalue weighted by Crippen LogP contribution is 2.37. The Morgan fingerprint density at radius 1 is 0.570 bits per heavy atom. The SMILES string of the molecule is CC(=O)N[C@H]1[C@H](O[C@H]2[C@@H](O)[C@@H](CO)O[C@@H](O[C@H]3[C@H](O)[C@@H](NC(C)=O)C(O)O[C@@H]3COS(=O)(=O)O)[C@@H]2O)O[C@H](COS(=O)(=O)O)[C@@H](O[C@@H]2O[C@H](CO[C@]3(C(=O)O)C[C@H](O)[C@@H](NC(C)=O)[C@H]([C@H](O)[C@H](O)CO)O3)[C@H](O)[C@H](O)[C@H]2O)[C@@H]1O. The molecule has 5 rings (SSSR count). The molecule has 0 spiro atoms. The molecule has 1 unspecified atom stereocenters. The van der Waals surface area contributed by atoms with Gasteiger partial charge in [0.2, 0.25) is 17.7 Å². The van der Waals surface area contributed by atoms with Crippen molar-refractivity contribution in [1.82, 2.24) is 16.0 Å². The van der Waals surface area contributed by atoms with Crippen LogP contribution in [0.4, 0.5) is 0 Å². The Kier molecular flexibility index (Phi) is 23.1. The summed E-state index contributed by atoms with van der Waals surface area (Å²) in [5.74, 6) is -7.80. The van der Waals surface area contributed by atoms with Crippen molar-refractivity contribution in [3.05, 3.63) is 0 Å². The number of aliphatic hydroxyl groups excluding tert-OH is 13. The van der Waals surface area contributed by atoms with Crippen LogP contribution in [0, 0.1) is 0 Å². The van der Waals surface area contributed by atoms with E-state index in [0.717, 1.165) is 20.8 Å². The molecular formula is C39H65N3O35S2. The second-order valence-corrected chi connectivity index (χ2v) is 20.9. The van der Waals surface area contributed by atoms with Gasteiger partial charge in [-0.25, -0.2) is 13.2 Å². The van der Waals surface area contributed by atoms with Gasteiger partial charge in [-0.2, -0.15) is 16.8 Å². The summed E-state index contributed by atoms with van der Waals surface area (Å²) in [6, 6.07) is -5.45. The molecule has 26 atom stereocenters. The minimum absolute atomic E-state index is 0.828. The number of carboxylic acid groups (broad SMARTS) is 1. The zero-order valence-electron chi connectivity index (χ0n) is 41.4. The van der Waals surface area contributed by atoms with E-state index in [2.05, 4.69) is 24.3 Å². The quantitative estimate of drug-likeness (QED) is 0.0423. The normalized spacial score (nSPS) is 42.1. The number of carbonyl (C=O) groups excluding carboxylic acids is 3. The zero-order valence-corrected chi connectivity index (χ0v) is 43.0. The number of ether oxygens (including phenoxy) is 9. The molecule has 5 aliphatic heterocycles. The highest BCUT2D eigenvalue weighted by atomic mass is 32.3. The van der Waals surface area contributed by atoms with Crippen LogP contribution in [-0.4, -0.2) is 313 Å². The van der Waals surface area contributed by atoms with Crippen molar-refractivity contribution in [3.8, 4) is 0 Å². The number of aliphatic carboxylic acids is 1. The molecule has 0 bridgehead atoms. The Morgan fingerprint density at radius 2 is 1.04 bits per heavy atom. The van der Waals surface area contributed by atoms with Gasteiger partial charge in [0.15, 0.2) is 25.2 Å². The molecule has 79 heavy (non-hydrogen) atoms. The number of amides is 3. The lowest BCUT2D eigenvalue weighted by Crippen LogP contribution is -2.70. The van der Waals surface area contributed by atoms with E-state index in [0.29, 0.717) is 0 Å². The van der Waals surface area contributed by atoms with Gasteiger partial charge in [-0.3, -0.25) is 23.5 Å². The van der Waals surface area contributed by atoms with Crippen molar-refractivity contribution in [2.75, 3.05) is 33.0 Å². The molecule has 3 amide bonds. The summed E-state index contributed by atoms with van der Waals surface area (Å²) in [7, 11) is -10.7. The van der Waals surface area contributed by atoms with Crippen molar-refractivity contribution < 1.29 is 168 Å². The molecule has 5 aliphatic rings. The van der Waals surface area contributed by atoms with Crippen LogP contribution in [0.3, 0.4) is 0 Å². The first-order valence-corrected chi connectivity index (χ1v) is 26.3. The molecule has 0 radical (unpaired) electrons. The first-order chi connectivity index (χ1) is 36.6. The van der Waals surface area contributed by atoms with Crippen LogP contribution < -0.4 is 16.0 Å². The molecule has 0 saturated carbocycles. The van der Waals surface area contributed by atoms with Gasteiger partial charge in [0.25, 0.3) is 5.79 Å². The highest BCUT2D eigenvalue weighted by molar-refractivity contribution is 7.81. The van der Waals surface area contributed by atoms with Crippen molar-refractivity contribution in [1.29, 1.82) is 0 Å². The molecule has 5 saturated heterocycles. The van der Waals surface area contributed by atoms with Gasteiger partial charge >= 0.3 is 26.8 Å². The maximum atomic E-state index is 12.8. The Bertz CT molecular complexity index is 2290. The van der Waals surface area contributed by atoms with Crippen LogP contribution in [0.15, 0.2) is 0 Å². The van der Waals surface area contributed by atoms with Crippen molar-refractivity contribution in [3.63, 3.8) is 0 Å². The fourth-order valence-electron chi connectivity index (χ4n) is 9.11. The summed E-state index contributed by atoms with van der Waals surface area (Å²) in [5.41, 5.74) is 0. The molecular weight excluding hydrogens is 1130 g/mol. The summed E-state index contributed by atoms with van der Waals surface area (Å²) >= 11 is 0. The molecule has 458 valence electrons. The van der Waals surface area contributed by atoms with Crippen molar-refractivity contribution in [2.24, 2.45) is 0 Å². The molecule has 38 nitrogen and oxygen atoms in total. The number of nitrogens with one attached hydrogen (secondary N) is 3. The van der Waals surface area contributed by atoms with Crippen LogP contribution in [0.1, 0.15) is 27.2 Å². The maximum Gasteiger partial charge on any atom is 0.397 e.